The molecule has 0 bridgehead atoms. The van der Waals surface area contributed by atoms with Gasteiger partial charge in [-0.05, 0) is 29.7 Å². The highest BCUT2D eigenvalue weighted by Crippen LogP contribution is 2.26. The number of ether oxygens (including phenoxy) is 1. The minimum absolute atomic E-state index is 0.231. The molecule has 1 unspecified atom stereocenters. The highest BCUT2D eigenvalue weighted by Gasteiger charge is 2.25. The lowest BCUT2D eigenvalue weighted by atomic mass is 9.99. The average molecular weight is 355 g/mol. The van der Waals surface area contributed by atoms with Crippen LogP contribution in [0.3, 0.4) is 0 Å². The first-order chi connectivity index (χ1) is 12.7. The van der Waals surface area contributed by atoms with Gasteiger partial charge < -0.3 is 15.0 Å². The Balaban J connectivity index is 1.60. The van der Waals surface area contributed by atoms with Crippen LogP contribution in [0.5, 0.6) is 0 Å². The van der Waals surface area contributed by atoms with Crippen molar-refractivity contribution in [3.63, 3.8) is 0 Å². The lowest BCUT2D eigenvalue weighted by molar-refractivity contribution is 0.181. The quantitative estimate of drug-likeness (QED) is 0.658. The van der Waals surface area contributed by atoms with Gasteiger partial charge in [0.2, 0.25) is 0 Å². The summed E-state index contributed by atoms with van der Waals surface area (Å²) in [5.74, 6) is 1.19. The fourth-order valence-corrected chi connectivity index (χ4v) is 3.47. The Morgan fingerprint density at radius 1 is 1.27 bits per heavy atom. The number of aliphatic imine (C=N–C) groups is 1. The Morgan fingerprint density at radius 3 is 2.81 bits per heavy atom. The van der Waals surface area contributed by atoms with E-state index >= 15 is 0 Å². The summed E-state index contributed by atoms with van der Waals surface area (Å²) in [5, 5.41) is 3.40. The largest absolute Gasteiger partial charge is 0.380 e. The maximum atomic E-state index is 13.7. The van der Waals surface area contributed by atoms with E-state index in [4.69, 9.17) is 4.74 Å². The molecule has 1 aliphatic rings. The van der Waals surface area contributed by atoms with Crippen LogP contribution >= 0.6 is 0 Å². The fourth-order valence-electron chi connectivity index (χ4n) is 3.47. The summed E-state index contributed by atoms with van der Waals surface area (Å²) in [6, 6.07) is 15.8. The Hall–Kier alpha value is -2.40. The number of rotatable bonds is 5. The second kappa shape index (κ2) is 8.81. The van der Waals surface area contributed by atoms with Crippen molar-refractivity contribution in [1.82, 2.24) is 10.2 Å². The molecule has 5 heteroatoms. The number of hydrogen-bond acceptors (Lipinski definition) is 2. The maximum Gasteiger partial charge on any atom is 0.193 e. The molecule has 2 aromatic carbocycles. The van der Waals surface area contributed by atoms with Crippen LogP contribution in [0.25, 0.3) is 0 Å². The number of halogens is 1. The van der Waals surface area contributed by atoms with E-state index in [-0.39, 0.29) is 12.4 Å². The molecule has 1 saturated heterocycles. The molecular weight excluding hydrogens is 329 g/mol. The third kappa shape index (κ3) is 4.41. The molecular formula is C21H26FN3O. The summed E-state index contributed by atoms with van der Waals surface area (Å²) in [7, 11) is 3.38. The first kappa shape index (κ1) is 18.4. The number of hydrogen-bond donors (Lipinski definition) is 1. The van der Waals surface area contributed by atoms with Gasteiger partial charge in [-0.25, -0.2) is 4.39 Å². The Kier molecular flexibility index (Phi) is 6.23. The van der Waals surface area contributed by atoms with E-state index in [2.05, 4.69) is 45.5 Å². The van der Waals surface area contributed by atoms with Crippen molar-refractivity contribution < 1.29 is 9.13 Å². The summed E-state index contributed by atoms with van der Waals surface area (Å²) in [6.07, 6.45) is 1.12. The number of guanidine groups is 1. The van der Waals surface area contributed by atoms with Crippen LogP contribution in [0, 0.1) is 5.82 Å². The number of methoxy groups -OCH3 is 1. The number of benzene rings is 2. The van der Waals surface area contributed by atoms with Gasteiger partial charge in [-0.15, -0.1) is 0 Å². The minimum Gasteiger partial charge on any atom is -0.380 e. The lowest BCUT2D eigenvalue weighted by Crippen LogP contribution is -2.39. The van der Waals surface area contributed by atoms with Crippen molar-refractivity contribution in [2.24, 2.45) is 4.99 Å². The highest BCUT2D eigenvalue weighted by molar-refractivity contribution is 5.80. The average Bonchev–Trinajstić information content (AvgIpc) is 3.16. The first-order valence-corrected chi connectivity index (χ1v) is 8.98. The van der Waals surface area contributed by atoms with E-state index in [9.17, 15) is 4.39 Å². The van der Waals surface area contributed by atoms with Crippen molar-refractivity contribution in [3.8, 4) is 0 Å². The molecule has 1 heterocycles. The normalized spacial score (nSPS) is 17.6. The molecule has 1 N–H and O–H groups in total. The first-order valence-electron chi connectivity index (χ1n) is 8.98. The standard InChI is InChI=1S/C21H26FN3O/c1-23-21(24-13-16-8-9-20(22)19(12-16)15-26-2)25-11-10-18(14-25)17-6-4-3-5-7-17/h3-9,12,18H,10-11,13-15H2,1-2H3,(H,23,24). The Labute approximate surface area is 154 Å². The predicted molar refractivity (Wildman–Crippen MR) is 103 cm³/mol. The molecule has 4 nitrogen and oxygen atoms in total. The maximum absolute atomic E-state index is 13.7. The Bertz CT molecular complexity index is 748. The van der Waals surface area contributed by atoms with Gasteiger partial charge in [0.25, 0.3) is 0 Å². The van der Waals surface area contributed by atoms with Gasteiger partial charge in [0.05, 0.1) is 6.61 Å². The summed E-state index contributed by atoms with van der Waals surface area (Å²) in [5.41, 5.74) is 2.97. The van der Waals surface area contributed by atoms with Crippen LogP contribution in [0.2, 0.25) is 0 Å². The third-order valence-electron chi connectivity index (χ3n) is 4.83. The van der Waals surface area contributed by atoms with E-state index in [1.165, 1.54) is 11.6 Å². The van der Waals surface area contributed by atoms with Crippen molar-refractivity contribution in [3.05, 3.63) is 71.0 Å². The smallest absolute Gasteiger partial charge is 0.193 e. The molecule has 3 rings (SSSR count). The molecule has 0 saturated carbocycles. The topological polar surface area (TPSA) is 36.9 Å². The molecule has 0 spiro atoms. The van der Waals surface area contributed by atoms with E-state index in [0.29, 0.717) is 18.0 Å². The van der Waals surface area contributed by atoms with Crippen molar-refractivity contribution in [2.45, 2.75) is 25.5 Å². The molecule has 0 radical (unpaired) electrons. The number of nitrogens with one attached hydrogen (secondary N) is 1. The molecule has 2 aromatic rings. The molecule has 1 atom stereocenters. The number of likely N-dealkylation sites (tertiary alicyclic amines) is 1. The van der Waals surface area contributed by atoms with Crippen LogP contribution in [0.15, 0.2) is 53.5 Å². The van der Waals surface area contributed by atoms with Crippen LogP contribution < -0.4 is 5.32 Å². The highest BCUT2D eigenvalue weighted by atomic mass is 19.1. The third-order valence-corrected chi connectivity index (χ3v) is 4.83. The molecule has 1 fully saturated rings. The zero-order chi connectivity index (χ0) is 18.4. The zero-order valence-electron chi connectivity index (χ0n) is 15.4. The summed E-state index contributed by atoms with van der Waals surface area (Å²) < 4.78 is 18.8. The molecule has 0 amide bonds. The SMILES string of the molecule is CN=C(NCc1ccc(F)c(COC)c1)N1CCC(c2ccccc2)C1. The number of nitrogens with zero attached hydrogens (tertiary/aromatic N) is 2. The van der Waals surface area contributed by atoms with E-state index in [1.807, 2.05) is 6.07 Å². The van der Waals surface area contributed by atoms with Crippen LogP contribution in [0.1, 0.15) is 29.0 Å². The lowest BCUT2D eigenvalue weighted by Gasteiger charge is -2.22. The second-order valence-corrected chi connectivity index (χ2v) is 6.60. The van der Waals surface area contributed by atoms with E-state index in [1.54, 1.807) is 20.2 Å². The van der Waals surface area contributed by atoms with Gasteiger partial charge in [-0.1, -0.05) is 36.4 Å². The van der Waals surface area contributed by atoms with Gasteiger partial charge in [0, 0.05) is 45.3 Å². The molecule has 0 aliphatic carbocycles. The predicted octanol–water partition coefficient (Wildman–Crippen LogP) is 3.54. The van der Waals surface area contributed by atoms with Gasteiger partial charge in [0.1, 0.15) is 5.82 Å². The molecule has 138 valence electrons. The van der Waals surface area contributed by atoms with Crippen molar-refractivity contribution in [1.29, 1.82) is 0 Å². The van der Waals surface area contributed by atoms with E-state index < -0.39 is 0 Å². The van der Waals surface area contributed by atoms with Gasteiger partial charge in [-0.2, -0.15) is 0 Å². The Morgan fingerprint density at radius 2 is 2.08 bits per heavy atom. The van der Waals surface area contributed by atoms with Gasteiger partial charge in [-0.3, -0.25) is 4.99 Å². The fraction of sp³-hybridized carbons (Fsp3) is 0.381. The molecule has 1 aliphatic heterocycles. The van der Waals surface area contributed by atoms with Crippen LogP contribution in [-0.4, -0.2) is 38.1 Å². The molecule has 26 heavy (non-hydrogen) atoms. The van der Waals surface area contributed by atoms with E-state index in [0.717, 1.165) is 31.0 Å². The molecule has 0 aromatic heterocycles. The zero-order valence-corrected chi connectivity index (χ0v) is 15.4. The minimum atomic E-state index is -0.231. The second-order valence-electron chi connectivity index (χ2n) is 6.60. The van der Waals surface area contributed by atoms with Gasteiger partial charge >= 0.3 is 0 Å². The van der Waals surface area contributed by atoms with Crippen molar-refractivity contribution >= 4 is 5.96 Å². The summed E-state index contributed by atoms with van der Waals surface area (Å²) >= 11 is 0. The summed E-state index contributed by atoms with van der Waals surface area (Å²) in [4.78, 5) is 6.71. The van der Waals surface area contributed by atoms with Crippen LogP contribution in [0.4, 0.5) is 4.39 Å². The van der Waals surface area contributed by atoms with Crippen LogP contribution in [-0.2, 0) is 17.9 Å². The monoisotopic (exact) mass is 355 g/mol. The van der Waals surface area contributed by atoms with Crippen molar-refractivity contribution in [2.75, 3.05) is 27.2 Å². The summed E-state index contributed by atoms with van der Waals surface area (Å²) in [6.45, 7) is 2.83. The van der Waals surface area contributed by atoms with Gasteiger partial charge in [0.15, 0.2) is 5.96 Å².